The largest absolute Gasteiger partial charge is 0.390 e. The Morgan fingerprint density at radius 2 is 2.50 bits per heavy atom. The first-order valence-corrected chi connectivity index (χ1v) is 4.09. The van der Waals surface area contributed by atoms with Crippen LogP contribution in [0.25, 0.3) is 0 Å². The monoisotopic (exact) mass is 173 g/mol. The molecule has 0 bridgehead atoms. The van der Waals surface area contributed by atoms with Gasteiger partial charge in [-0.3, -0.25) is 9.69 Å². The molecule has 0 radical (unpaired) electrons. The number of hydrogen-bond acceptors (Lipinski definition) is 4. The van der Waals surface area contributed by atoms with Crippen molar-refractivity contribution in [1.29, 1.82) is 0 Å². The predicted octanol–water partition coefficient (Wildman–Crippen LogP) is -2.26. The lowest BCUT2D eigenvalue weighted by atomic mass is 10.3. The molecule has 1 heterocycles. The van der Waals surface area contributed by atoms with E-state index < -0.39 is 6.10 Å². The van der Waals surface area contributed by atoms with Crippen LogP contribution in [0.15, 0.2) is 0 Å². The number of hydrogen-bond donors (Lipinski definition) is 3. The summed E-state index contributed by atoms with van der Waals surface area (Å²) in [5, 5.41) is 11.9. The minimum absolute atomic E-state index is 0.0190. The molecule has 1 aliphatic rings. The summed E-state index contributed by atoms with van der Waals surface area (Å²) in [6.07, 6.45) is -0.518. The maximum absolute atomic E-state index is 10.9. The van der Waals surface area contributed by atoms with Crippen LogP contribution in [-0.4, -0.2) is 54.7 Å². The van der Waals surface area contributed by atoms with Crippen molar-refractivity contribution >= 4 is 5.91 Å². The van der Waals surface area contributed by atoms with E-state index in [-0.39, 0.29) is 12.5 Å². The second kappa shape index (κ2) is 4.39. The van der Waals surface area contributed by atoms with Gasteiger partial charge >= 0.3 is 0 Å². The Labute approximate surface area is 71.5 Å². The van der Waals surface area contributed by atoms with E-state index in [0.29, 0.717) is 19.6 Å². The molecule has 1 atom stereocenters. The van der Waals surface area contributed by atoms with Crippen LogP contribution in [0.4, 0.5) is 0 Å². The summed E-state index contributed by atoms with van der Waals surface area (Å²) >= 11 is 0. The molecular weight excluding hydrogens is 158 g/mol. The Balaban J connectivity index is 2.27. The fourth-order valence-corrected chi connectivity index (χ4v) is 1.22. The maximum Gasteiger partial charge on any atom is 0.234 e. The second-order valence-electron chi connectivity index (χ2n) is 2.97. The molecule has 0 saturated carbocycles. The molecule has 0 aromatic heterocycles. The van der Waals surface area contributed by atoms with Gasteiger partial charge in [-0.2, -0.15) is 0 Å². The topological polar surface area (TPSA) is 78.6 Å². The van der Waals surface area contributed by atoms with Gasteiger partial charge < -0.3 is 16.2 Å². The molecule has 12 heavy (non-hydrogen) atoms. The van der Waals surface area contributed by atoms with E-state index in [0.717, 1.165) is 6.54 Å². The molecule has 1 fully saturated rings. The van der Waals surface area contributed by atoms with E-state index in [2.05, 4.69) is 5.32 Å². The third kappa shape index (κ3) is 2.77. The fourth-order valence-electron chi connectivity index (χ4n) is 1.22. The van der Waals surface area contributed by atoms with Crippen LogP contribution >= 0.6 is 0 Å². The van der Waals surface area contributed by atoms with Gasteiger partial charge in [-0.05, 0) is 0 Å². The zero-order chi connectivity index (χ0) is 8.97. The van der Waals surface area contributed by atoms with Crippen molar-refractivity contribution < 1.29 is 9.90 Å². The molecule has 0 aromatic rings. The van der Waals surface area contributed by atoms with Gasteiger partial charge in [0.15, 0.2) is 0 Å². The van der Waals surface area contributed by atoms with Crippen LogP contribution in [0.5, 0.6) is 0 Å². The Hall–Kier alpha value is -0.650. The van der Waals surface area contributed by atoms with Crippen molar-refractivity contribution in [1.82, 2.24) is 10.2 Å². The molecule has 5 heteroatoms. The molecule has 5 nitrogen and oxygen atoms in total. The quantitative estimate of drug-likeness (QED) is 0.450. The van der Waals surface area contributed by atoms with Gasteiger partial charge in [0, 0.05) is 26.2 Å². The number of amides is 1. The summed E-state index contributed by atoms with van der Waals surface area (Å²) in [5.41, 5.74) is 5.25. The average Bonchev–Trinajstić information content (AvgIpc) is 2.04. The van der Waals surface area contributed by atoms with Crippen molar-refractivity contribution in [2.45, 2.75) is 6.10 Å². The van der Waals surface area contributed by atoms with Crippen molar-refractivity contribution in [2.24, 2.45) is 5.73 Å². The maximum atomic E-state index is 10.9. The summed E-state index contributed by atoms with van der Waals surface area (Å²) in [5.74, 6) is 0.0190. The molecule has 70 valence electrons. The Kier molecular flexibility index (Phi) is 3.46. The van der Waals surface area contributed by atoms with Gasteiger partial charge in [0.05, 0.1) is 12.6 Å². The lowest BCUT2D eigenvalue weighted by molar-refractivity contribution is -0.124. The number of β-amino-alcohol motifs (C(OH)–C–C–N with tert-alkyl or cyclic N) is 1. The van der Waals surface area contributed by atoms with Crippen molar-refractivity contribution in [3.8, 4) is 0 Å². The number of nitrogens with zero attached hydrogens (tertiary/aromatic N) is 1. The molecule has 1 amide bonds. The minimum Gasteiger partial charge on any atom is -0.390 e. The number of aliphatic hydroxyl groups is 1. The van der Waals surface area contributed by atoms with Crippen molar-refractivity contribution in [3.63, 3.8) is 0 Å². The standard InChI is InChI=1S/C7H15N3O2/c8-3-6(11)4-10-2-1-9-7(12)5-10/h6,11H,1-5,8H2,(H,9,12). The highest BCUT2D eigenvalue weighted by Crippen LogP contribution is 1.94. The number of piperazine rings is 1. The molecule has 1 saturated heterocycles. The highest BCUT2D eigenvalue weighted by molar-refractivity contribution is 5.78. The number of nitrogens with one attached hydrogen (secondary N) is 1. The van der Waals surface area contributed by atoms with Crippen LogP contribution < -0.4 is 11.1 Å². The molecule has 1 unspecified atom stereocenters. The van der Waals surface area contributed by atoms with Crippen LogP contribution in [0, 0.1) is 0 Å². The van der Waals surface area contributed by atoms with E-state index in [9.17, 15) is 9.90 Å². The molecule has 0 aliphatic carbocycles. The summed E-state index contributed by atoms with van der Waals surface area (Å²) < 4.78 is 0. The molecule has 1 aliphatic heterocycles. The summed E-state index contributed by atoms with van der Waals surface area (Å²) in [4.78, 5) is 12.8. The Morgan fingerprint density at radius 3 is 3.08 bits per heavy atom. The first-order chi connectivity index (χ1) is 5.72. The van der Waals surface area contributed by atoms with Gasteiger partial charge in [0.1, 0.15) is 0 Å². The van der Waals surface area contributed by atoms with E-state index in [1.807, 2.05) is 4.90 Å². The first kappa shape index (κ1) is 9.44. The van der Waals surface area contributed by atoms with Gasteiger partial charge in [-0.15, -0.1) is 0 Å². The smallest absolute Gasteiger partial charge is 0.234 e. The van der Waals surface area contributed by atoms with Gasteiger partial charge in [-0.1, -0.05) is 0 Å². The van der Waals surface area contributed by atoms with Crippen LogP contribution in [-0.2, 0) is 4.79 Å². The second-order valence-corrected chi connectivity index (χ2v) is 2.97. The lowest BCUT2D eigenvalue weighted by Crippen LogP contribution is -2.50. The summed E-state index contributed by atoms with van der Waals surface area (Å²) in [6.45, 7) is 2.57. The van der Waals surface area contributed by atoms with Crippen molar-refractivity contribution in [2.75, 3.05) is 32.7 Å². The van der Waals surface area contributed by atoms with Gasteiger partial charge in [-0.25, -0.2) is 0 Å². The highest BCUT2D eigenvalue weighted by atomic mass is 16.3. The predicted molar refractivity (Wildman–Crippen MR) is 44.5 cm³/mol. The number of nitrogens with two attached hydrogens (primary N) is 1. The SMILES string of the molecule is NCC(O)CN1CCNC(=O)C1. The number of aliphatic hydroxyl groups excluding tert-OH is 1. The molecule has 0 spiro atoms. The number of carbonyl (C=O) groups excluding carboxylic acids is 1. The van der Waals surface area contributed by atoms with Gasteiger partial charge in [0.2, 0.25) is 5.91 Å². The summed E-state index contributed by atoms with van der Waals surface area (Å²) in [6, 6.07) is 0. The number of carbonyl (C=O) groups is 1. The van der Waals surface area contributed by atoms with E-state index >= 15 is 0 Å². The number of rotatable bonds is 3. The van der Waals surface area contributed by atoms with E-state index in [4.69, 9.17) is 5.73 Å². The molecular formula is C7H15N3O2. The lowest BCUT2D eigenvalue weighted by Gasteiger charge is -2.27. The third-order valence-electron chi connectivity index (χ3n) is 1.86. The zero-order valence-electron chi connectivity index (χ0n) is 6.99. The Morgan fingerprint density at radius 1 is 1.75 bits per heavy atom. The van der Waals surface area contributed by atoms with Crippen LogP contribution in [0.3, 0.4) is 0 Å². The minimum atomic E-state index is -0.518. The molecule has 0 aromatic carbocycles. The first-order valence-electron chi connectivity index (χ1n) is 4.09. The van der Waals surface area contributed by atoms with E-state index in [1.54, 1.807) is 0 Å². The zero-order valence-corrected chi connectivity index (χ0v) is 6.99. The van der Waals surface area contributed by atoms with Gasteiger partial charge in [0.25, 0.3) is 0 Å². The summed E-state index contributed by atoms with van der Waals surface area (Å²) in [7, 11) is 0. The highest BCUT2D eigenvalue weighted by Gasteiger charge is 2.17. The molecule has 1 rings (SSSR count). The van der Waals surface area contributed by atoms with E-state index in [1.165, 1.54) is 0 Å². The third-order valence-corrected chi connectivity index (χ3v) is 1.86. The normalized spacial score (nSPS) is 22.0. The average molecular weight is 173 g/mol. The molecule has 4 N–H and O–H groups in total. The Bertz CT molecular complexity index is 163. The van der Waals surface area contributed by atoms with Crippen molar-refractivity contribution in [3.05, 3.63) is 0 Å². The fraction of sp³-hybridized carbons (Fsp3) is 0.857. The van der Waals surface area contributed by atoms with Crippen LogP contribution in [0.2, 0.25) is 0 Å². The van der Waals surface area contributed by atoms with Crippen LogP contribution in [0.1, 0.15) is 0 Å².